The first-order valence-electron chi connectivity index (χ1n) is 8.32. The molecule has 0 aliphatic carbocycles. The van der Waals surface area contributed by atoms with E-state index >= 15 is 0 Å². The number of piperidine rings is 1. The van der Waals surface area contributed by atoms with Gasteiger partial charge < -0.3 is 10.0 Å². The highest BCUT2D eigenvalue weighted by Gasteiger charge is 2.22. The molecular weight excluding hydrogens is 276 g/mol. The molecule has 1 N–H and O–H groups in total. The van der Waals surface area contributed by atoms with Crippen LogP contribution in [-0.2, 0) is 11.3 Å². The summed E-state index contributed by atoms with van der Waals surface area (Å²) in [6.45, 7) is 7.57. The van der Waals surface area contributed by atoms with Crippen LogP contribution in [0.3, 0.4) is 0 Å². The monoisotopic (exact) mass is 304 g/mol. The molecule has 4 nitrogen and oxygen atoms in total. The Balaban J connectivity index is 1.94. The van der Waals surface area contributed by atoms with Gasteiger partial charge >= 0.3 is 0 Å². The fourth-order valence-electron chi connectivity index (χ4n) is 2.94. The lowest BCUT2D eigenvalue weighted by Crippen LogP contribution is -2.45. The van der Waals surface area contributed by atoms with E-state index in [4.69, 9.17) is 0 Å². The van der Waals surface area contributed by atoms with E-state index in [1.165, 1.54) is 11.1 Å². The second-order valence-electron chi connectivity index (χ2n) is 6.33. The van der Waals surface area contributed by atoms with E-state index in [9.17, 15) is 9.90 Å². The Morgan fingerprint density at radius 2 is 2.09 bits per heavy atom. The maximum absolute atomic E-state index is 12.6. The number of hydrogen-bond acceptors (Lipinski definition) is 3. The van der Waals surface area contributed by atoms with Crippen LogP contribution in [0.25, 0.3) is 0 Å². The highest BCUT2D eigenvalue weighted by Crippen LogP contribution is 2.12. The first kappa shape index (κ1) is 17.0. The predicted octanol–water partition coefficient (Wildman–Crippen LogP) is 2.19. The number of rotatable bonds is 6. The van der Waals surface area contributed by atoms with Gasteiger partial charge in [-0.05, 0) is 38.3 Å². The molecule has 0 spiro atoms. The lowest BCUT2D eigenvalue weighted by atomic mass is 10.1. The van der Waals surface area contributed by atoms with Gasteiger partial charge in [0.2, 0.25) is 5.91 Å². The number of carbonyl (C=O) groups excluding carboxylic acids is 1. The van der Waals surface area contributed by atoms with Crippen LogP contribution >= 0.6 is 0 Å². The van der Waals surface area contributed by atoms with Gasteiger partial charge in [-0.1, -0.05) is 36.8 Å². The largest absolute Gasteiger partial charge is 0.392 e. The van der Waals surface area contributed by atoms with Crippen LogP contribution in [0.2, 0.25) is 0 Å². The van der Waals surface area contributed by atoms with Crippen molar-refractivity contribution in [3.63, 3.8) is 0 Å². The predicted molar refractivity (Wildman–Crippen MR) is 88.6 cm³/mol. The van der Waals surface area contributed by atoms with E-state index < -0.39 is 0 Å². The Kier molecular flexibility index (Phi) is 6.40. The van der Waals surface area contributed by atoms with Crippen LogP contribution in [0.5, 0.6) is 0 Å². The van der Waals surface area contributed by atoms with Gasteiger partial charge in [-0.2, -0.15) is 0 Å². The number of likely N-dealkylation sites (tertiary alicyclic amines) is 1. The zero-order chi connectivity index (χ0) is 15.9. The first-order valence-corrected chi connectivity index (χ1v) is 8.32. The number of β-amino-alcohol motifs (C(OH)–C–C–N with tert-alkyl or cyclic N) is 1. The van der Waals surface area contributed by atoms with Gasteiger partial charge in [0.15, 0.2) is 0 Å². The minimum Gasteiger partial charge on any atom is -0.392 e. The van der Waals surface area contributed by atoms with Crippen LogP contribution < -0.4 is 0 Å². The maximum atomic E-state index is 12.6. The second kappa shape index (κ2) is 8.30. The van der Waals surface area contributed by atoms with Crippen molar-refractivity contribution in [2.45, 2.75) is 45.8 Å². The zero-order valence-electron chi connectivity index (χ0n) is 13.8. The third kappa shape index (κ3) is 5.11. The molecule has 0 aromatic heterocycles. The molecule has 1 heterocycles. The number of hydrogen-bond donors (Lipinski definition) is 1. The fraction of sp³-hybridized carbons (Fsp3) is 0.611. The van der Waals surface area contributed by atoms with Gasteiger partial charge in [-0.15, -0.1) is 0 Å². The van der Waals surface area contributed by atoms with E-state index in [1.807, 2.05) is 4.90 Å². The van der Waals surface area contributed by atoms with Crippen molar-refractivity contribution in [3.05, 3.63) is 35.4 Å². The number of aliphatic hydroxyl groups excluding tert-OH is 1. The summed E-state index contributed by atoms with van der Waals surface area (Å²) in [7, 11) is 0. The average Bonchev–Trinajstić information content (AvgIpc) is 2.49. The second-order valence-corrected chi connectivity index (χ2v) is 6.33. The Bertz CT molecular complexity index is 472. The van der Waals surface area contributed by atoms with Crippen molar-refractivity contribution in [1.82, 2.24) is 9.80 Å². The number of carbonyl (C=O) groups is 1. The van der Waals surface area contributed by atoms with Gasteiger partial charge in [-0.25, -0.2) is 0 Å². The zero-order valence-corrected chi connectivity index (χ0v) is 13.8. The van der Waals surface area contributed by atoms with Crippen molar-refractivity contribution in [2.24, 2.45) is 0 Å². The van der Waals surface area contributed by atoms with E-state index in [-0.39, 0.29) is 12.0 Å². The molecule has 22 heavy (non-hydrogen) atoms. The molecule has 0 saturated carbocycles. The first-order chi connectivity index (χ1) is 10.6. The molecule has 4 heteroatoms. The molecule has 1 aliphatic heterocycles. The highest BCUT2D eigenvalue weighted by atomic mass is 16.3. The van der Waals surface area contributed by atoms with Crippen molar-refractivity contribution in [2.75, 3.05) is 26.2 Å². The highest BCUT2D eigenvalue weighted by molar-refractivity contribution is 5.78. The van der Waals surface area contributed by atoms with E-state index in [1.54, 1.807) is 0 Å². The molecule has 2 rings (SSSR count). The molecular formula is C18H28N2O2. The summed E-state index contributed by atoms with van der Waals surface area (Å²) in [5.41, 5.74) is 2.41. The lowest BCUT2D eigenvalue weighted by molar-refractivity contribution is -0.133. The maximum Gasteiger partial charge on any atom is 0.237 e. The Hall–Kier alpha value is -1.39. The molecule has 0 bridgehead atoms. The topological polar surface area (TPSA) is 43.8 Å². The van der Waals surface area contributed by atoms with Gasteiger partial charge in [0.1, 0.15) is 0 Å². The molecule has 0 radical (unpaired) electrons. The Morgan fingerprint density at radius 1 is 1.36 bits per heavy atom. The van der Waals surface area contributed by atoms with Crippen molar-refractivity contribution < 1.29 is 9.90 Å². The minimum absolute atomic E-state index is 0.163. The van der Waals surface area contributed by atoms with Gasteiger partial charge in [-0.3, -0.25) is 9.69 Å². The van der Waals surface area contributed by atoms with Crippen LogP contribution in [0.4, 0.5) is 0 Å². The number of aryl methyl sites for hydroxylation is 1. The third-order valence-corrected chi connectivity index (χ3v) is 4.18. The number of nitrogens with zero attached hydrogens (tertiary/aromatic N) is 2. The number of aliphatic hydroxyl groups is 1. The van der Waals surface area contributed by atoms with Crippen LogP contribution in [0.1, 0.15) is 37.3 Å². The van der Waals surface area contributed by atoms with E-state index in [0.717, 1.165) is 32.4 Å². The fourth-order valence-corrected chi connectivity index (χ4v) is 2.94. The van der Waals surface area contributed by atoms with Crippen LogP contribution in [0, 0.1) is 6.92 Å². The van der Waals surface area contributed by atoms with Crippen molar-refractivity contribution in [1.29, 1.82) is 0 Å². The SMILES string of the molecule is CCCN(Cc1ccc(C)cc1)C(=O)CN1CCCC(O)C1. The van der Waals surface area contributed by atoms with Gasteiger partial charge in [0.25, 0.3) is 0 Å². The summed E-state index contributed by atoms with van der Waals surface area (Å²) >= 11 is 0. The summed E-state index contributed by atoms with van der Waals surface area (Å²) in [6.07, 6.45) is 2.51. The Morgan fingerprint density at radius 3 is 2.73 bits per heavy atom. The number of benzene rings is 1. The lowest BCUT2D eigenvalue weighted by Gasteiger charge is -2.31. The van der Waals surface area contributed by atoms with Crippen LogP contribution in [0.15, 0.2) is 24.3 Å². The van der Waals surface area contributed by atoms with Gasteiger partial charge in [0, 0.05) is 19.6 Å². The summed E-state index contributed by atoms with van der Waals surface area (Å²) in [4.78, 5) is 16.6. The van der Waals surface area contributed by atoms with E-state index in [2.05, 4.69) is 43.0 Å². The summed E-state index contributed by atoms with van der Waals surface area (Å²) in [5, 5.41) is 9.73. The van der Waals surface area contributed by atoms with Crippen LogP contribution in [-0.4, -0.2) is 53.1 Å². The Labute approximate surface area is 133 Å². The minimum atomic E-state index is -0.279. The summed E-state index contributed by atoms with van der Waals surface area (Å²) in [6, 6.07) is 8.36. The molecule has 1 aromatic rings. The molecule has 122 valence electrons. The molecule has 1 aliphatic rings. The van der Waals surface area contributed by atoms with Crippen molar-refractivity contribution in [3.8, 4) is 0 Å². The van der Waals surface area contributed by atoms with E-state index in [0.29, 0.717) is 19.6 Å². The van der Waals surface area contributed by atoms with Crippen molar-refractivity contribution >= 4 is 5.91 Å². The van der Waals surface area contributed by atoms with Gasteiger partial charge in [0.05, 0.1) is 12.6 Å². The molecule has 1 unspecified atom stereocenters. The number of amides is 1. The molecule has 1 saturated heterocycles. The molecule has 1 amide bonds. The summed E-state index contributed by atoms with van der Waals surface area (Å²) in [5.74, 6) is 0.163. The molecule has 1 aromatic carbocycles. The third-order valence-electron chi connectivity index (χ3n) is 4.18. The quantitative estimate of drug-likeness (QED) is 0.876. The standard InChI is InChI=1S/C18H28N2O2/c1-3-10-20(12-16-8-6-15(2)7-9-16)18(22)14-19-11-4-5-17(21)13-19/h6-9,17,21H,3-5,10-14H2,1-2H3. The molecule has 1 fully saturated rings. The average molecular weight is 304 g/mol. The molecule has 1 atom stereocenters. The smallest absolute Gasteiger partial charge is 0.237 e. The normalized spacial score (nSPS) is 19.1. The summed E-state index contributed by atoms with van der Waals surface area (Å²) < 4.78 is 0.